The van der Waals surface area contributed by atoms with Gasteiger partial charge in [0, 0.05) is 12.1 Å². The van der Waals surface area contributed by atoms with Crippen LogP contribution in [0.3, 0.4) is 0 Å². The van der Waals surface area contributed by atoms with Crippen molar-refractivity contribution in [1.82, 2.24) is 5.32 Å². The molecule has 0 heterocycles. The van der Waals surface area contributed by atoms with E-state index in [2.05, 4.69) is 54.7 Å². The molecule has 0 bridgehead atoms. The molecule has 1 aliphatic carbocycles. The highest BCUT2D eigenvalue weighted by atomic mass is 35.5. The standard InChI is InChI=1S/C28H33NO4.ClH/c1-19(26-11-5-7-21-6-2-3-10-27(21)26)29-24-9-4-8-23(16-24)20-12-14-22(15-13-20)28(32)33-18-25(31)17-30;/h2-3,5-7,10-15,19,23-25,29-31H,4,8-9,16-18H2,1H3;1H/t19-,23?,24?,25?;/m1./s1. The van der Waals surface area contributed by atoms with E-state index in [1.807, 2.05) is 12.1 Å². The molecular formula is C28H34ClNO4. The van der Waals surface area contributed by atoms with Crippen LogP contribution >= 0.6 is 12.4 Å². The fourth-order valence-electron chi connectivity index (χ4n) is 4.91. The third-order valence-electron chi connectivity index (χ3n) is 6.69. The first-order valence-electron chi connectivity index (χ1n) is 11.8. The molecule has 4 atom stereocenters. The summed E-state index contributed by atoms with van der Waals surface area (Å²) in [5.74, 6) is -0.0293. The van der Waals surface area contributed by atoms with E-state index in [-0.39, 0.29) is 25.1 Å². The number of carbonyl (C=O) groups excluding carboxylic acids is 1. The number of hydrogen-bond acceptors (Lipinski definition) is 5. The SMILES string of the molecule is C[C@@H](NC1CCCC(c2ccc(C(=O)OCC(O)CO)cc2)C1)c1cccc2ccccc12.Cl. The second-order valence-corrected chi connectivity index (χ2v) is 9.07. The van der Waals surface area contributed by atoms with Crippen LogP contribution in [0.15, 0.2) is 66.7 Å². The zero-order valence-electron chi connectivity index (χ0n) is 19.5. The quantitative estimate of drug-likeness (QED) is 0.386. The number of nitrogens with one attached hydrogen (secondary N) is 1. The Morgan fingerprint density at radius 1 is 1.06 bits per heavy atom. The summed E-state index contributed by atoms with van der Waals surface area (Å²) in [6.07, 6.45) is 3.52. The van der Waals surface area contributed by atoms with E-state index in [1.54, 1.807) is 12.1 Å². The molecule has 0 aromatic heterocycles. The number of rotatable bonds is 8. The van der Waals surface area contributed by atoms with E-state index in [4.69, 9.17) is 9.84 Å². The maximum Gasteiger partial charge on any atom is 0.338 e. The number of halogens is 1. The summed E-state index contributed by atoms with van der Waals surface area (Å²) in [5, 5.41) is 24.6. The number of aliphatic hydroxyl groups excluding tert-OH is 2. The Morgan fingerprint density at radius 2 is 1.79 bits per heavy atom. The minimum Gasteiger partial charge on any atom is -0.459 e. The van der Waals surface area contributed by atoms with E-state index in [0.29, 0.717) is 17.5 Å². The maximum absolute atomic E-state index is 12.1. The number of esters is 1. The molecule has 34 heavy (non-hydrogen) atoms. The second kappa shape index (κ2) is 12.3. The first-order chi connectivity index (χ1) is 16.0. The average molecular weight is 484 g/mol. The van der Waals surface area contributed by atoms with Crippen LogP contribution in [0.5, 0.6) is 0 Å². The number of aliphatic hydroxyl groups is 2. The summed E-state index contributed by atoms with van der Waals surface area (Å²) >= 11 is 0. The Labute approximate surface area is 207 Å². The van der Waals surface area contributed by atoms with Gasteiger partial charge in [0.05, 0.1) is 12.2 Å². The van der Waals surface area contributed by atoms with Crippen molar-refractivity contribution in [2.75, 3.05) is 13.2 Å². The minimum atomic E-state index is -1.05. The first kappa shape index (κ1) is 26.2. The number of carbonyl (C=O) groups is 1. The molecule has 1 fully saturated rings. The molecule has 0 spiro atoms. The van der Waals surface area contributed by atoms with E-state index in [9.17, 15) is 9.90 Å². The molecule has 4 rings (SSSR count). The highest BCUT2D eigenvalue weighted by Crippen LogP contribution is 2.34. The van der Waals surface area contributed by atoms with Gasteiger partial charge in [0.2, 0.25) is 0 Å². The lowest BCUT2D eigenvalue weighted by atomic mass is 9.81. The Kier molecular flexibility index (Phi) is 9.48. The van der Waals surface area contributed by atoms with Crippen LogP contribution < -0.4 is 5.32 Å². The van der Waals surface area contributed by atoms with Crippen LogP contribution in [0.4, 0.5) is 0 Å². The first-order valence-corrected chi connectivity index (χ1v) is 11.8. The van der Waals surface area contributed by atoms with Gasteiger partial charge < -0.3 is 20.3 Å². The van der Waals surface area contributed by atoms with E-state index < -0.39 is 18.7 Å². The van der Waals surface area contributed by atoms with Gasteiger partial charge in [-0.2, -0.15) is 0 Å². The van der Waals surface area contributed by atoms with Crippen molar-refractivity contribution in [1.29, 1.82) is 0 Å². The Balaban J connectivity index is 0.00000324. The molecule has 6 heteroatoms. The number of ether oxygens (including phenoxy) is 1. The molecule has 5 nitrogen and oxygen atoms in total. The molecule has 0 amide bonds. The van der Waals surface area contributed by atoms with Crippen molar-refractivity contribution >= 4 is 29.1 Å². The molecule has 3 aromatic carbocycles. The topological polar surface area (TPSA) is 78.8 Å². The average Bonchev–Trinajstić information content (AvgIpc) is 2.87. The van der Waals surface area contributed by atoms with Gasteiger partial charge in [-0.15, -0.1) is 12.4 Å². The van der Waals surface area contributed by atoms with Gasteiger partial charge in [0.15, 0.2) is 0 Å². The van der Waals surface area contributed by atoms with Crippen LogP contribution in [0.25, 0.3) is 10.8 Å². The van der Waals surface area contributed by atoms with Crippen molar-refractivity contribution in [2.24, 2.45) is 0 Å². The lowest BCUT2D eigenvalue weighted by Crippen LogP contribution is -2.35. The molecule has 3 aromatic rings. The van der Waals surface area contributed by atoms with Gasteiger partial charge in [0.25, 0.3) is 0 Å². The van der Waals surface area contributed by atoms with Crippen LogP contribution in [-0.2, 0) is 4.74 Å². The van der Waals surface area contributed by atoms with Crippen molar-refractivity contribution < 1.29 is 19.7 Å². The molecular weight excluding hydrogens is 450 g/mol. The Morgan fingerprint density at radius 3 is 2.56 bits per heavy atom. The Bertz CT molecular complexity index is 1070. The van der Waals surface area contributed by atoms with Gasteiger partial charge in [-0.25, -0.2) is 4.79 Å². The molecule has 1 saturated carbocycles. The number of hydrogen-bond donors (Lipinski definition) is 3. The minimum absolute atomic E-state index is 0. The largest absolute Gasteiger partial charge is 0.459 e. The molecule has 182 valence electrons. The van der Waals surface area contributed by atoms with Crippen LogP contribution in [0.2, 0.25) is 0 Å². The van der Waals surface area contributed by atoms with Gasteiger partial charge in [-0.1, -0.05) is 61.0 Å². The van der Waals surface area contributed by atoms with E-state index >= 15 is 0 Å². The summed E-state index contributed by atoms with van der Waals surface area (Å²) in [5.41, 5.74) is 3.04. The fourth-order valence-corrected chi connectivity index (χ4v) is 4.91. The third-order valence-corrected chi connectivity index (χ3v) is 6.69. The molecule has 0 radical (unpaired) electrons. The summed E-state index contributed by atoms with van der Waals surface area (Å²) in [6.45, 7) is 1.61. The van der Waals surface area contributed by atoms with Gasteiger partial charge in [-0.3, -0.25) is 0 Å². The number of fused-ring (bicyclic) bond motifs is 1. The fraction of sp³-hybridized carbons (Fsp3) is 0.393. The highest BCUT2D eigenvalue weighted by Gasteiger charge is 2.25. The Hall–Kier alpha value is -2.44. The lowest BCUT2D eigenvalue weighted by molar-refractivity contribution is 0.00933. The maximum atomic E-state index is 12.1. The van der Waals surface area contributed by atoms with Crippen LogP contribution in [0.1, 0.15) is 66.1 Å². The highest BCUT2D eigenvalue weighted by molar-refractivity contribution is 5.89. The van der Waals surface area contributed by atoms with E-state index in [1.165, 1.54) is 34.7 Å². The predicted octanol–water partition coefficient (Wildman–Crippen LogP) is 5.15. The lowest BCUT2D eigenvalue weighted by Gasteiger charge is -2.32. The second-order valence-electron chi connectivity index (χ2n) is 9.07. The zero-order chi connectivity index (χ0) is 23.2. The molecule has 1 aliphatic rings. The number of benzene rings is 3. The van der Waals surface area contributed by atoms with Gasteiger partial charge >= 0.3 is 5.97 Å². The normalized spacial score (nSPS) is 19.7. The van der Waals surface area contributed by atoms with Crippen molar-refractivity contribution in [3.05, 3.63) is 83.4 Å². The molecule has 3 N–H and O–H groups in total. The predicted molar refractivity (Wildman–Crippen MR) is 138 cm³/mol. The monoisotopic (exact) mass is 483 g/mol. The molecule has 0 aliphatic heterocycles. The van der Waals surface area contributed by atoms with Crippen LogP contribution in [-0.4, -0.2) is 41.5 Å². The van der Waals surface area contributed by atoms with Crippen molar-refractivity contribution in [3.8, 4) is 0 Å². The summed E-state index contributed by atoms with van der Waals surface area (Å²) in [6, 6.07) is 23.4. The third kappa shape index (κ3) is 6.36. The van der Waals surface area contributed by atoms with Gasteiger partial charge in [0.1, 0.15) is 12.7 Å². The molecule has 3 unspecified atom stereocenters. The van der Waals surface area contributed by atoms with Crippen LogP contribution in [0, 0.1) is 0 Å². The summed E-state index contributed by atoms with van der Waals surface area (Å²) in [7, 11) is 0. The summed E-state index contributed by atoms with van der Waals surface area (Å²) < 4.78 is 5.04. The smallest absolute Gasteiger partial charge is 0.338 e. The molecule has 0 saturated heterocycles. The van der Waals surface area contributed by atoms with Crippen molar-refractivity contribution in [2.45, 2.75) is 56.7 Å². The van der Waals surface area contributed by atoms with Gasteiger partial charge in [-0.05, 0) is 66.1 Å². The van der Waals surface area contributed by atoms with E-state index in [0.717, 1.165) is 12.8 Å². The van der Waals surface area contributed by atoms with Crippen molar-refractivity contribution in [3.63, 3.8) is 0 Å². The summed E-state index contributed by atoms with van der Waals surface area (Å²) in [4.78, 5) is 12.1. The zero-order valence-corrected chi connectivity index (χ0v) is 20.3.